The van der Waals surface area contributed by atoms with Crippen LogP contribution >= 0.6 is 0 Å². The predicted molar refractivity (Wildman–Crippen MR) is 291 cm³/mol. The smallest absolute Gasteiger partial charge is 0.303 e. The van der Waals surface area contributed by atoms with Crippen molar-refractivity contribution in [2.24, 2.45) is 0 Å². The SMILES string of the molecule is CC(=O)OC[C@@H]1O[C@@H](O[C@@H]2[C@H](OC(C)=O)[C@H](OC(C)=O)[C@@H](O[C@H]3[C@@H](OC(C)=O)[C@H](OC(C)=O)[C@H](O[C@H]4[C@@H](OC(C)=O)[C@H](OC(C)=O)C(Nc5ccc(C)cc5)O[C@@H]4COC(C)=O)O[C@@H]3COC(C)=O)O[C@@H]2COC(C)=O)C(OC(C)=O)[C@@H](OC(C)=O)[C@@H]1OC(C)=O. The fourth-order valence-corrected chi connectivity index (χ4v) is 10.0. The Morgan fingerprint density at radius 3 is 0.813 bits per heavy atom. The maximum atomic E-state index is 13.4. The number of carbonyl (C=O) groups is 13. The Morgan fingerprint density at radius 1 is 0.297 bits per heavy atom. The van der Waals surface area contributed by atoms with Crippen LogP contribution in [0.3, 0.4) is 0 Å². The summed E-state index contributed by atoms with van der Waals surface area (Å²) >= 11 is 0. The number of carbonyl (C=O) groups excluding carboxylic acids is 13. The molecule has 1 aromatic carbocycles. The second kappa shape index (κ2) is 33.8. The monoisotopic (exact) mass is 1300 g/mol. The zero-order valence-corrected chi connectivity index (χ0v) is 52.2. The minimum atomic E-state index is -2.21. The van der Waals surface area contributed by atoms with Gasteiger partial charge in [0.1, 0.15) is 69.2 Å². The van der Waals surface area contributed by atoms with E-state index in [1.54, 1.807) is 24.3 Å². The first kappa shape index (κ1) is 73.6. The maximum absolute atomic E-state index is 13.4. The fourth-order valence-electron chi connectivity index (χ4n) is 10.0. The predicted octanol–water partition coefficient (Wildman–Crippen LogP) is 0.0998. The first-order chi connectivity index (χ1) is 42.7. The number of nitrogens with one attached hydrogen (secondary N) is 1. The quantitative estimate of drug-likeness (QED) is 0.100. The Morgan fingerprint density at radius 2 is 0.527 bits per heavy atom. The van der Waals surface area contributed by atoms with Gasteiger partial charge in [0.05, 0.1) is 0 Å². The lowest BCUT2D eigenvalue weighted by molar-refractivity contribution is -0.385. The van der Waals surface area contributed by atoms with E-state index in [1.807, 2.05) is 6.92 Å². The van der Waals surface area contributed by atoms with E-state index in [9.17, 15) is 62.3 Å². The molecule has 2 unspecified atom stereocenters. The molecule has 0 saturated carbocycles. The molecule has 4 fully saturated rings. The number of anilines is 1. The van der Waals surface area contributed by atoms with Gasteiger partial charge in [-0.25, -0.2) is 0 Å². The summed E-state index contributed by atoms with van der Waals surface area (Å²) in [7, 11) is 0. The first-order valence-electron chi connectivity index (χ1n) is 28.2. The first-order valence-corrected chi connectivity index (χ1v) is 28.2. The highest BCUT2D eigenvalue weighted by molar-refractivity contribution is 5.71. The summed E-state index contributed by atoms with van der Waals surface area (Å²) in [6.45, 7) is 11.3. The molecule has 20 atom stereocenters. The average Bonchev–Trinajstić information content (AvgIpc) is 0.778. The zero-order valence-electron chi connectivity index (χ0n) is 52.2. The highest BCUT2D eigenvalue weighted by Gasteiger charge is 2.62. The molecule has 506 valence electrons. The van der Waals surface area contributed by atoms with Crippen molar-refractivity contribution < 1.29 is 157 Å². The minimum Gasteiger partial charge on any atom is -0.463 e. The van der Waals surface area contributed by atoms with Gasteiger partial charge in [-0.3, -0.25) is 62.3 Å². The molecule has 0 radical (unpaired) electrons. The normalized spacial score (nSPS) is 31.0. The van der Waals surface area contributed by atoms with Crippen LogP contribution in [0.15, 0.2) is 24.3 Å². The number of aryl methyl sites for hydroxylation is 1. The van der Waals surface area contributed by atoms with E-state index in [2.05, 4.69) is 5.32 Å². The lowest BCUT2D eigenvalue weighted by Gasteiger charge is -2.51. The van der Waals surface area contributed by atoms with Crippen molar-refractivity contribution >= 4 is 83.3 Å². The average molecular weight is 1300 g/mol. The van der Waals surface area contributed by atoms with E-state index in [-0.39, 0.29) is 0 Å². The van der Waals surface area contributed by atoms with E-state index in [0.29, 0.717) is 5.69 Å². The van der Waals surface area contributed by atoms with E-state index in [1.165, 1.54) is 0 Å². The third kappa shape index (κ3) is 22.0. The van der Waals surface area contributed by atoms with Crippen molar-refractivity contribution in [3.63, 3.8) is 0 Å². The Labute approximate surface area is 520 Å². The van der Waals surface area contributed by atoms with Crippen LogP contribution in [0.5, 0.6) is 0 Å². The molecular formula is C57H75NO33. The van der Waals surface area contributed by atoms with Crippen LogP contribution in [0.2, 0.25) is 0 Å². The van der Waals surface area contributed by atoms with Gasteiger partial charge in [0.2, 0.25) is 0 Å². The van der Waals surface area contributed by atoms with Crippen LogP contribution in [0, 0.1) is 6.92 Å². The van der Waals surface area contributed by atoms with Crippen LogP contribution in [0.25, 0.3) is 0 Å². The molecular weight excluding hydrogens is 1230 g/mol. The van der Waals surface area contributed by atoms with Crippen LogP contribution in [0.4, 0.5) is 5.69 Å². The maximum Gasteiger partial charge on any atom is 0.303 e. The Hall–Kier alpha value is -8.15. The summed E-state index contributed by atoms with van der Waals surface area (Å²) in [4.78, 5) is 168. The lowest BCUT2D eigenvalue weighted by Crippen LogP contribution is -2.69. The van der Waals surface area contributed by atoms with Crippen molar-refractivity contribution in [1.29, 1.82) is 0 Å². The van der Waals surface area contributed by atoms with Crippen LogP contribution in [-0.2, 0) is 157 Å². The number of ether oxygens (including phenoxy) is 20. The van der Waals surface area contributed by atoms with Crippen molar-refractivity contribution in [2.45, 2.75) is 220 Å². The van der Waals surface area contributed by atoms with E-state index in [0.717, 1.165) is 95.6 Å². The van der Waals surface area contributed by atoms with Crippen molar-refractivity contribution in [3.8, 4) is 0 Å². The molecule has 0 aromatic heterocycles. The van der Waals surface area contributed by atoms with Crippen molar-refractivity contribution in [1.82, 2.24) is 0 Å². The molecule has 4 aliphatic rings. The van der Waals surface area contributed by atoms with Crippen molar-refractivity contribution in [2.75, 3.05) is 31.7 Å². The van der Waals surface area contributed by atoms with Gasteiger partial charge >= 0.3 is 77.6 Å². The highest BCUT2D eigenvalue weighted by atomic mass is 16.8. The minimum absolute atomic E-state index is 0.411. The Bertz CT molecular complexity index is 2790. The van der Waals surface area contributed by atoms with E-state index >= 15 is 0 Å². The highest BCUT2D eigenvalue weighted by Crippen LogP contribution is 2.40. The van der Waals surface area contributed by atoms with Crippen molar-refractivity contribution in [3.05, 3.63) is 29.8 Å². The fraction of sp³-hybridized carbons (Fsp3) is 0.667. The van der Waals surface area contributed by atoms with Gasteiger partial charge in [-0.1, -0.05) is 17.7 Å². The van der Waals surface area contributed by atoms with Gasteiger partial charge in [-0.15, -0.1) is 0 Å². The second-order valence-electron chi connectivity index (χ2n) is 20.9. The second-order valence-corrected chi connectivity index (χ2v) is 20.9. The van der Waals surface area contributed by atoms with Gasteiger partial charge in [-0.05, 0) is 19.1 Å². The largest absolute Gasteiger partial charge is 0.463 e. The molecule has 5 rings (SSSR count). The topological polar surface area (TPSA) is 419 Å². The molecule has 91 heavy (non-hydrogen) atoms. The van der Waals surface area contributed by atoms with Crippen LogP contribution in [0.1, 0.15) is 95.6 Å². The van der Waals surface area contributed by atoms with E-state index in [4.69, 9.17) is 94.7 Å². The number of benzene rings is 1. The van der Waals surface area contributed by atoms with Gasteiger partial charge < -0.3 is 100 Å². The molecule has 0 aliphatic carbocycles. The van der Waals surface area contributed by atoms with Gasteiger partial charge in [0.25, 0.3) is 0 Å². The summed E-state index contributed by atoms with van der Waals surface area (Å²) < 4.78 is 118. The summed E-state index contributed by atoms with van der Waals surface area (Å²) in [5, 5.41) is 3.07. The zero-order chi connectivity index (χ0) is 67.7. The summed E-state index contributed by atoms with van der Waals surface area (Å²) in [5.41, 5.74) is 1.28. The molecule has 4 heterocycles. The molecule has 4 aliphatic heterocycles. The molecule has 1 aromatic rings. The van der Waals surface area contributed by atoms with Gasteiger partial charge in [0, 0.05) is 95.7 Å². The number of esters is 13. The van der Waals surface area contributed by atoms with E-state index < -0.39 is 227 Å². The molecule has 0 amide bonds. The molecule has 1 N–H and O–H groups in total. The number of hydrogen-bond donors (Lipinski definition) is 1. The molecule has 0 spiro atoms. The third-order valence-electron chi connectivity index (χ3n) is 13.2. The Balaban J connectivity index is 1.70. The van der Waals surface area contributed by atoms with Crippen LogP contribution < -0.4 is 5.32 Å². The molecule has 4 saturated heterocycles. The number of hydrogen-bond acceptors (Lipinski definition) is 34. The van der Waals surface area contributed by atoms with Crippen LogP contribution in [-0.4, -0.2) is 227 Å². The molecule has 0 bridgehead atoms. The molecule has 34 heteroatoms. The third-order valence-corrected chi connectivity index (χ3v) is 13.2. The summed E-state index contributed by atoms with van der Waals surface area (Å²) in [5.74, 6) is -13.1. The summed E-state index contributed by atoms with van der Waals surface area (Å²) in [6, 6.07) is 6.81. The van der Waals surface area contributed by atoms with Gasteiger partial charge in [0.15, 0.2) is 80.0 Å². The Kier molecular flexibility index (Phi) is 27.3. The standard InChI is InChI=1S/C57H75NO33/c1-23-15-17-37(18-16-23)58-54-50(81-33(11)68)46(77-29(7)64)43(38(85-54)19-72-24(2)59)89-56-52(83-35(13)70)48(79-31(9)66)45(40(87-56)21-74-26(4)61)91-57-53(84-36(14)71)49(80-32(10)67)44(41(88-57)22-75-27(5)62)90-55-51(82-34(12)69)47(78-30(8)65)42(76-28(6)63)39(86-55)20-73-25(3)60/h15-18,38-58H,19-22H2,1-14H3/t38-,39+,40-,41-,42-,43-,44+,45-,46-,47+,48-,49+,50+,51?,52+,53+,54?,55+,56+,57-/m1/s1. The summed E-state index contributed by atoms with van der Waals surface area (Å²) in [6.07, 6.45) is -37.6. The molecule has 34 nitrogen and oxygen atoms in total. The number of rotatable bonds is 25. The van der Waals surface area contributed by atoms with Gasteiger partial charge in [-0.2, -0.15) is 0 Å². The lowest BCUT2D eigenvalue weighted by atomic mass is 9.94.